The van der Waals surface area contributed by atoms with E-state index in [0.29, 0.717) is 5.56 Å². The standard InChI is InChI=1S/C16H15IN4O/c1-9(18)10-2-4-11(5-3-10)16(22)21-15-12-6-19-8-14(12)20-7-13(15)17/h2-9,20H,18H2,1H3,(H,21,22). The number of aromatic nitrogens is 2. The Labute approximate surface area is 141 Å². The quantitative estimate of drug-likeness (QED) is 0.583. The van der Waals surface area contributed by atoms with E-state index in [9.17, 15) is 4.79 Å². The first kappa shape index (κ1) is 15.0. The number of nitrogens with zero attached hydrogens (tertiary/aromatic N) is 1. The number of anilines is 1. The first-order chi connectivity index (χ1) is 10.6. The fraction of sp³-hybridized carbons (Fsp3) is 0.125. The summed E-state index contributed by atoms with van der Waals surface area (Å²) in [6.07, 6.45) is 5.32. The molecule has 0 bridgehead atoms. The lowest BCUT2D eigenvalue weighted by molar-refractivity contribution is 0.102. The Hall–Kier alpha value is -1.93. The zero-order valence-corrected chi connectivity index (χ0v) is 14.1. The predicted octanol–water partition coefficient (Wildman–Crippen LogP) is 3.39. The molecule has 0 aromatic heterocycles. The predicted molar refractivity (Wildman–Crippen MR) is 94.9 cm³/mol. The Morgan fingerprint density at radius 2 is 2.05 bits per heavy atom. The van der Waals surface area contributed by atoms with E-state index in [1.165, 1.54) is 0 Å². The second-order valence-corrected chi connectivity index (χ2v) is 6.27. The average Bonchev–Trinajstić information content (AvgIpc) is 2.99. The SMILES string of the molecule is CC(N)c1ccc(C(=O)Nc2c(I)c[nH]c3cncc2-3)cc1. The van der Waals surface area contributed by atoms with E-state index in [-0.39, 0.29) is 11.9 Å². The third-order valence-corrected chi connectivity index (χ3v) is 4.35. The summed E-state index contributed by atoms with van der Waals surface area (Å²) >= 11 is 2.18. The van der Waals surface area contributed by atoms with Gasteiger partial charge in [0.15, 0.2) is 0 Å². The lowest BCUT2D eigenvalue weighted by Crippen LogP contribution is -2.14. The van der Waals surface area contributed by atoms with Crippen molar-refractivity contribution in [2.75, 3.05) is 5.32 Å². The summed E-state index contributed by atoms with van der Waals surface area (Å²) in [5.41, 5.74) is 9.98. The van der Waals surface area contributed by atoms with Crippen molar-refractivity contribution in [1.82, 2.24) is 9.97 Å². The van der Waals surface area contributed by atoms with Gasteiger partial charge in [-0.05, 0) is 47.2 Å². The van der Waals surface area contributed by atoms with Crippen LogP contribution in [0, 0.1) is 3.57 Å². The highest BCUT2D eigenvalue weighted by Crippen LogP contribution is 2.32. The van der Waals surface area contributed by atoms with Crippen LogP contribution in [0.5, 0.6) is 0 Å². The summed E-state index contributed by atoms with van der Waals surface area (Å²) in [6.45, 7) is 1.91. The molecule has 1 amide bonds. The number of nitrogens with one attached hydrogen (secondary N) is 2. The van der Waals surface area contributed by atoms with Crippen LogP contribution in [0.2, 0.25) is 0 Å². The van der Waals surface area contributed by atoms with Gasteiger partial charge in [-0.15, -0.1) is 0 Å². The topological polar surface area (TPSA) is 83.8 Å². The van der Waals surface area contributed by atoms with Crippen molar-refractivity contribution in [3.63, 3.8) is 0 Å². The van der Waals surface area contributed by atoms with Crippen LogP contribution >= 0.6 is 22.6 Å². The molecule has 3 rings (SSSR count). The monoisotopic (exact) mass is 406 g/mol. The van der Waals surface area contributed by atoms with Crippen LogP contribution in [0.3, 0.4) is 0 Å². The first-order valence-electron chi connectivity index (χ1n) is 6.83. The summed E-state index contributed by atoms with van der Waals surface area (Å²) in [4.78, 5) is 19.7. The average molecular weight is 406 g/mol. The van der Waals surface area contributed by atoms with Gasteiger partial charge in [-0.1, -0.05) is 12.1 Å². The van der Waals surface area contributed by atoms with E-state index in [1.54, 1.807) is 24.5 Å². The number of pyridine rings is 1. The number of rotatable bonds is 3. The van der Waals surface area contributed by atoms with E-state index >= 15 is 0 Å². The van der Waals surface area contributed by atoms with Crippen molar-refractivity contribution >= 4 is 34.2 Å². The molecular formula is C16H15IN4O. The lowest BCUT2D eigenvalue weighted by atomic mass is 10.1. The van der Waals surface area contributed by atoms with Gasteiger partial charge in [0.2, 0.25) is 0 Å². The first-order valence-corrected chi connectivity index (χ1v) is 7.91. The number of amides is 1. The Bertz CT molecular complexity index is 779. The molecule has 1 aromatic carbocycles. The second-order valence-electron chi connectivity index (χ2n) is 5.11. The molecule has 0 radical (unpaired) electrons. The number of fused-ring (bicyclic) bond motifs is 1. The zero-order valence-electron chi connectivity index (χ0n) is 11.9. The molecule has 0 spiro atoms. The second kappa shape index (κ2) is 6.05. The van der Waals surface area contributed by atoms with Gasteiger partial charge in [0.1, 0.15) is 0 Å². The Morgan fingerprint density at radius 3 is 2.73 bits per heavy atom. The van der Waals surface area contributed by atoms with Crippen molar-refractivity contribution in [2.24, 2.45) is 5.73 Å². The van der Waals surface area contributed by atoms with E-state index in [2.05, 4.69) is 37.9 Å². The minimum atomic E-state index is -0.150. The number of H-pyrrole nitrogens is 1. The van der Waals surface area contributed by atoms with Crippen LogP contribution < -0.4 is 11.1 Å². The zero-order chi connectivity index (χ0) is 15.7. The number of hydrogen-bond donors (Lipinski definition) is 3. The van der Waals surface area contributed by atoms with Gasteiger partial charge in [0.25, 0.3) is 5.91 Å². The lowest BCUT2D eigenvalue weighted by Gasteiger charge is -2.12. The highest BCUT2D eigenvalue weighted by Gasteiger charge is 2.16. The molecule has 1 atom stereocenters. The van der Waals surface area contributed by atoms with Crippen LogP contribution in [0.25, 0.3) is 11.3 Å². The molecule has 1 aromatic rings. The van der Waals surface area contributed by atoms with Crippen molar-refractivity contribution in [2.45, 2.75) is 13.0 Å². The molecule has 112 valence electrons. The Balaban J connectivity index is 1.87. The van der Waals surface area contributed by atoms with Crippen molar-refractivity contribution < 1.29 is 4.79 Å². The van der Waals surface area contributed by atoms with Crippen LogP contribution in [-0.2, 0) is 0 Å². The minimum Gasteiger partial charge on any atom is -0.359 e. The maximum absolute atomic E-state index is 12.4. The van der Waals surface area contributed by atoms with Gasteiger partial charge in [0, 0.05) is 29.6 Å². The maximum atomic E-state index is 12.4. The Kier molecular flexibility index (Phi) is 4.12. The highest BCUT2D eigenvalue weighted by molar-refractivity contribution is 14.1. The highest BCUT2D eigenvalue weighted by atomic mass is 127. The molecule has 6 heteroatoms. The summed E-state index contributed by atoms with van der Waals surface area (Å²) in [5.74, 6) is -0.150. The van der Waals surface area contributed by atoms with Crippen LogP contribution in [0.15, 0.2) is 42.9 Å². The maximum Gasteiger partial charge on any atom is 0.255 e. The Morgan fingerprint density at radius 1 is 1.32 bits per heavy atom. The molecule has 1 unspecified atom stereocenters. The molecule has 5 nitrogen and oxygen atoms in total. The number of carbonyl (C=O) groups is 1. The molecule has 0 saturated carbocycles. The number of carbonyl (C=O) groups excluding carboxylic acids is 1. The number of benzene rings is 1. The van der Waals surface area contributed by atoms with Gasteiger partial charge < -0.3 is 16.0 Å². The fourth-order valence-electron chi connectivity index (χ4n) is 2.23. The van der Waals surface area contributed by atoms with Crippen molar-refractivity contribution in [3.8, 4) is 11.3 Å². The largest absolute Gasteiger partial charge is 0.359 e. The van der Waals surface area contributed by atoms with E-state index < -0.39 is 0 Å². The fourth-order valence-corrected chi connectivity index (χ4v) is 2.81. The van der Waals surface area contributed by atoms with Gasteiger partial charge in [-0.2, -0.15) is 0 Å². The number of halogens is 1. The van der Waals surface area contributed by atoms with E-state index in [1.807, 2.05) is 25.3 Å². The summed E-state index contributed by atoms with van der Waals surface area (Å²) < 4.78 is 0.929. The van der Waals surface area contributed by atoms with Crippen LogP contribution in [0.1, 0.15) is 28.9 Å². The number of hydrogen-bond acceptors (Lipinski definition) is 3. The molecule has 0 fully saturated rings. The number of aromatic amines is 1. The van der Waals surface area contributed by atoms with E-state index in [4.69, 9.17) is 5.73 Å². The molecule has 2 heterocycles. The summed E-state index contributed by atoms with van der Waals surface area (Å²) in [6, 6.07) is 7.29. The van der Waals surface area contributed by atoms with Gasteiger partial charge in [0.05, 0.1) is 21.1 Å². The van der Waals surface area contributed by atoms with Crippen molar-refractivity contribution in [1.29, 1.82) is 0 Å². The molecular weight excluding hydrogens is 391 g/mol. The minimum absolute atomic E-state index is 0.0438. The molecule has 4 N–H and O–H groups in total. The van der Waals surface area contributed by atoms with Gasteiger partial charge in [-0.3, -0.25) is 9.78 Å². The normalized spacial score (nSPS) is 12.3. The third-order valence-electron chi connectivity index (χ3n) is 3.50. The van der Waals surface area contributed by atoms with Gasteiger partial charge >= 0.3 is 0 Å². The van der Waals surface area contributed by atoms with E-state index in [0.717, 1.165) is 26.1 Å². The van der Waals surface area contributed by atoms with Crippen LogP contribution in [-0.4, -0.2) is 15.9 Å². The van der Waals surface area contributed by atoms with Crippen LogP contribution in [0.4, 0.5) is 5.69 Å². The smallest absolute Gasteiger partial charge is 0.255 e. The summed E-state index contributed by atoms with van der Waals surface area (Å²) in [7, 11) is 0. The number of nitrogens with two attached hydrogens (primary N) is 1. The molecule has 22 heavy (non-hydrogen) atoms. The van der Waals surface area contributed by atoms with Gasteiger partial charge in [-0.25, -0.2) is 0 Å². The summed E-state index contributed by atoms with van der Waals surface area (Å²) in [5, 5.41) is 2.97. The third kappa shape index (κ3) is 2.84. The van der Waals surface area contributed by atoms with Crippen molar-refractivity contribution in [3.05, 3.63) is 57.6 Å². The molecule has 2 aliphatic rings. The molecule has 2 aliphatic heterocycles. The molecule has 0 saturated heterocycles. The molecule has 0 aliphatic carbocycles.